The molecule has 0 radical (unpaired) electrons. The van der Waals surface area contributed by atoms with Crippen LogP contribution in [0.25, 0.3) is 0 Å². The maximum Gasteiger partial charge on any atom is 0.0858 e. The smallest absolute Gasteiger partial charge is 0.0858 e. The van der Waals surface area contributed by atoms with Crippen LogP contribution in [-0.4, -0.2) is 17.4 Å². The molecule has 0 aliphatic carbocycles. The molecular formula is C15H22O2S. The lowest BCUT2D eigenvalue weighted by Gasteiger charge is -2.25. The number of aryl methyl sites for hydroxylation is 1. The molecule has 0 saturated carbocycles. The molecule has 1 aromatic rings. The summed E-state index contributed by atoms with van der Waals surface area (Å²) < 4.78 is 15.7. The fraction of sp³-hybridized carbons (Fsp3) is 0.333. The predicted molar refractivity (Wildman–Crippen MR) is 80.1 cm³/mol. The van der Waals surface area contributed by atoms with E-state index in [-0.39, 0.29) is 0 Å². The van der Waals surface area contributed by atoms with E-state index in [4.69, 9.17) is 4.74 Å². The van der Waals surface area contributed by atoms with Gasteiger partial charge in [-0.15, -0.1) is 0 Å². The number of allylic oxidation sites excluding steroid dienone is 2. The molecule has 0 heterocycles. The second kappa shape index (κ2) is 6.66. The van der Waals surface area contributed by atoms with E-state index in [1.54, 1.807) is 6.26 Å². The standard InChI is InChI=1S/C15H22O2S/c1-5-17-12-14(3)10-11-18(4,16)15-8-6-13(2)7-9-15/h6-12,16H,5H2,1-4H3/b11-10+,14-12+. The molecule has 1 N–H and O–H groups in total. The first kappa shape index (κ1) is 14.9. The molecule has 18 heavy (non-hydrogen) atoms. The summed E-state index contributed by atoms with van der Waals surface area (Å²) in [5.74, 6) is 0. The van der Waals surface area contributed by atoms with Gasteiger partial charge in [-0.25, -0.2) is 0 Å². The van der Waals surface area contributed by atoms with E-state index >= 15 is 0 Å². The number of benzene rings is 1. The number of hydrogen-bond acceptors (Lipinski definition) is 2. The fourth-order valence-electron chi connectivity index (χ4n) is 1.39. The van der Waals surface area contributed by atoms with Crippen LogP contribution in [0.3, 0.4) is 0 Å². The van der Waals surface area contributed by atoms with E-state index in [2.05, 4.69) is 0 Å². The van der Waals surface area contributed by atoms with Crippen molar-refractivity contribution in [2.75, 3.05) is 12.9 Å². The molecule has 1 rings (SSSR count). The summed E-state index contributed by atoms with van der Waals surface area (Å²) in [5, 5.41) is 1.86. The van der Waals surface area contributed by atoms with Crippen LogP contribution < -0.4 is 0 Å². The van der Waals surface area contributed by atoms with Crippen molar-refractivity contribution >= 4 is 10.3 Å². The van der Waals surface area contributed by atoms with Crippen molar-refractivity contribution in [3.05, 3.63) is 53.1 Å². The second-order valence-corrected chi connectivity index (χ2v) is 6.99. The molecule has 0 amide bonds. The summed E-state index contributed by atoms with van der Waals surface area (Å²) in [5.41, 5.74) is 2.20. The van der Waals surface area contributed by atoms with E-state index in [0.717, 1.165) is 10.5 Å². The molecule has 3 heteroatoms. The van der Waals surface area contributed by atoms with Crippen LogP contribution in [0, 0.1) is 6.92 Å². The molecule has 1 aromatic carbocycles. The van der Waals surface area contributed by atoms with E-state index in [9.17, 15) is 4.55 Å². The van der Waals surface area contributed by atoms with Crippen molar-refractivity contribution in [1.82, 2.24) is 0 Å². The van der Waals surface area contributed by atoms with Gasteiger partial charge < -0.3 is 9.29 Å². The van der Waals surface area contributed by atoms with Gasteiger partial charge in [0.25, 0.3) is 0 Å². The Morgan fingerprint density at radius 1 is 1.33 bits per heavy atom. The molecule has 0 aliphatic heterocycles. The lowest BCUT2D eigenvalue weighted by atomic mass is 10.2. The maximum atomic E-state index is 10.5. The molecule has 0 aliphatic rings. The zero-order valence-corrected chi connectivity index (χ0v) is 12.3. The van der Waals surface area contributed by atoms with Crippen LogP contribution in [0.5, 0.6) is 0 Å². The minimum atomic E-state index is -1.87. The summed E-state index contributed by atoms with van der Waals surface area (Å²) in [6.07, 6.45) is 5.48. The van der Waals surface area contributed by atoms with E-state index in [1.807, 2.05) is 62.8 Å². The molecule has 0 spiro atoms. The average Bonchev–Trinajstić information content (AvgIpc) is 2.34. The average molecular weight is 266 g/mol. The Labute approximate surface area is 112 Å². The SMILES string of the molecule is CCO/C=C(C)/C=C/S(C)(O)c1ccc(C)cc1. The zero-order chi connectivity index (χ0) is 13.6. The summed E-state index contributed by atoms with van der Waals surface area (Å²) in [4.78, 5) is 0.966. The van der Waals surface area contributed by atoms with Crippen molar-refractivity contribution in [1.29, 1.82) is 0 Å². The van der Waals surface area contributed by atoms with Gasteiger partial charge in [0.1, 0.15) is 0 Å². The summed E-state index contributed by atoms with van der Waals surface area (Å²) in [6, 6.07) is 8.01. The van der Waals surface area contributed by atoms with Gasteiger partial charge in [0.05, 0.1) is 12.9 Å². The molecule has 0 fully saturated rings. The van der Waals surface area contributed by atoms with Gasteiger partial charge >= 0.3 is 0 Å². The first-order valence-electron chi connectivity index (χ1n) is 5.99. The molecule has 1 atom stereocenters. The van der Waals surface area contributed by atoms with E-state index < -0.39 is 10.3 Å². The van der Waals surface area contributed by atoms with Crippen molar-refractivity contribution in [2.45, 2.75) is 25.7 Å². The van der Waals surface area contributed by atoms with Gasteiger partial charge in [-0.05, 0) is 56.2 Å². The number of hydrogen-bond donors (Lipinski definition) is 1. The molecular weight excluding hydrogens is 244 g/mol. The highest BCUT2D eigenvalue weighted by Gasteiger charge is 2.12. The third kappa shape index (κ3) is 4.59. The first-order chi connectivity index (χ1) is 8.45. The molecule has 0 aromatic heterocycles. The van der Waals surface area contributed by atoms with Crippen LogP contribution in [0.4, 0.5) is 0 Å². The second-order valence-electron chi connectivity index (χ2n) is 4.37. The third-order valence-electron chi connectivity index (χ3n) is 2.53. The van der Waals surface area contributed by atoms with Gasteiger partial charge in [-0.2, -0.15) is 0 Å². The highest BCUT2D eigenvalue weighted by molar-refractivity contribution is 8.31. The lowest BCUT2D eigenvalue weighted by molar-refractivity contribution is 0.267. The van der Waals surface area contributed by atoms with Gasteiger partial charge in [-0.3, -0.25) is 0 Å². The molecule has 1 unspecified atom stereocenters. The third-order valence-corrected chi connectivity index (χ3v) is 4.42. The number of ether oxygens (including phenoxy) is 1. The molecule has 0 bridgehead atoms. The van der Waals surface area contributed by atoms with Gasteiger partial charge in [0.15, 0.2) is 0 Å². The summed E-state index contributed by atoms with van der Waals surface area (Å²) in [6.45, 7) is 6.60. The molecule has 0 saturated heterocycles. The molecule has 2 nitrogen and oxygen atoms in total. The first-order valence-corrected chi connectivity index (χ1v) is 8.06. The minimum Gasteiger partial charge on any atom is -0.501 e. The summed E-state index contributed by atoms with van der Waals surface area (Å²) >= 11 is 0. The quantitative estimate of drug-likeness (QED) is 0.617. The highest BCUT2D eigenvalue weighted by atomic mass is 32.3. The Hall–Kier alpha value is -1.19. The normalized spacial score (nSPS) is 17.5. The molecule has 100 valence electrons. The lowest BCUT2D eigenvalue weighted by Crippen LogP contribution is -1.93. The van der Waals surface area contributed by atoms with Crippen LogP contribution >= 0.6 is 10.3 Å². The van der Waals surface area contributed by atoms with Crippen molar-refractivity contribution < 1.29 is 9.29 Å². The van der Waals surface area contributed by atoms with Crippen LogP contribution in [0.2, 0.25) is 0 Å². The Kier molecular flexibility index (Phi) is 5.51. The Morgan fingerprint density at radius 3 is 2.50 bits per heavy atom. The summed E-state index contributed by atoms with van der Waals surface area (Å²) in [7, 11) is -1.87. The largest absolute Gasteiger partial charge is 0.501 e. The van der Waals surface area contributed by atoms with E-state index in [0.29, 0.717) is 6.61 Å². The number of rotatable bonds is 5. The van der Waals surface area contributed by atoms with Crippen molar-refractivity contribution in [3.8, 4) is 0 Å². The Bertz CT molecular complexity index is 430. The van der Waals surface area contributed by atoms with Gasteiger partial charge in [0.2, 0.25) is 0 Å². The Morgan fingerprint density at radius 2 is 1.94 bits per heavy atom. The maximum absolute atomic E-state index is 10.5. The Balaban J connectivity index is 2.81. The van der Waals surface area contributed by atoms with Crippen LogP contribution in [-0.2, 0) is 4.74 Å². The minimum absolute atomic E-state index is 0.659. The van der Waals surface area contributed by atoms with Crippen molar-refractivity contribution in [2.24, 2.45) is 0 Å². The topological polar surface area (TPSA) is 29.5 Å². The van der Waals surface area contributed by atoms with Crippen LogP contribution in [0.1, 0.15) is 19.4 Å². The predicted octanol–water partition coefficient (Wildman–Crippen LogP) is 4.72. The monoisotopic (exact) mass is 266 g/mol. The zero-order valence-electron chi connectivity index (χ0n) is 11.5. The van der Waals surface area contributed by atoms with Gasteiger partial charge in [-0.1, -0.05) is 28.0 Å². The van der Waals surface area contributed by atoms with Crippen LogP contribution in [0.15, 0.2) is 52.5 Å². The van der Waals surface area contributed by atoms with E-state index in [1.165, 1.54) is 5.56 Å². The highest BCUT2D eigenvalue weighted by Crippen LogP contribution is 2.50. The fourth-order valence-corrected chi connectivity index (χ4v) is 2.71. The van der Waals surface area contributed by atoms with Crippen molar-refractivity contribution in [3.63, 3.8) is 0 Å². The van der Waals surface area contributed by atoms with Gasteiger partial charge in [0, 0.05) is 4.90 Å².